The van der Waals surface area contributed by atoms with Crippen LogP contribution in [0.4, 0.5) is 0 Å². The second-order valence-corrected chi connectivity index (χ2v) is 5.08. The van der Waals surface area contributed by atoms with E-state index in [0.717, 1.165) is 37.6 Å². The SMILES string of the molecule is CCNC(C1CCCC1)C1CCOCC1. The minimum absolute atomic E-state index is 0.779. The maximum atomic E-state index is 5.46. The van der Waals surface area contributed by atoms with Crippen LogP contribution < -0.4 is 5.32 Å². The fourth-order valence-corrected chi connectivity index (χ4v) is 3.35. The first-order valence-electron chi connectivity index (χ1n) is 6.73. The zero-order valence-corrected chi connectivity index (χ0v) is 10.0. The molecule has 2 aliphatic rings. The molecule has 1 unspecified atom stereocenters. The van der Waals surface area contributed by atoms with E-state index in [1.54, 1.807) is 0 Å². The summed E-state index contributed by atoms with van der Waals surface area (Å²) >= 11 is 0. The Morgan fingerprint density at radius 1 is 1.07 bits per heavy atom. The molecule has 1 N–H and O–H groups in total. The highest BCUT2D eigenvalue weighted by molar-refractivity contribution is 4.86. The van der Waals surface area contributed by atoms with Gasteiger partial charge in [-0.1, -0.05) is 19.8 Å². The third-order valence-electron chi connectivity index (χ3n) is 4.12. The standard InChI is InChI=1S/C13H25NO/c1-2-14-13(11-5-3-4-6-11)12-7-9-15-10-8-12/h11-14H,2-10H2,1H3. The molecule has 1 atom stereocenters. The molecule has 1 aliphatic heterocycles. The highest BCUT2D eigenvalue weighted by atomic mass is 16.5. The fraction of sp³-hybridized carbons (Fsp3) is 1.00. The molecular formula is C13H25NO. The first-order chi connectivity index (χ1) is 7.42. The van der Waals surface area contributed by atoms with Crippen molar-refractivity contribution in [2.75, 3.05) is 19.8 Å². The van der Waals surface area contributed by atoms with Gasteiger partial charge in [0.25, 0.3) is 0 Å². The van der Waals surface area contributed by atoms with Crippen LogP contribution in [0.3, 0.4) is 0 Å². The summed E-state index contributed by atoms with van der Waals surface area (Å²) in [5.74, 6) is 1.83. The Morgan fingerprint density at radius 2 is 1.67 bits per heavy atom. The monoisotopic (exact) mass is 211 g/mol. The van der Waals surface area contributed by atoms with Crippen molar-refractivity contribution in [3.05, 3.63) is 0 Å². The quantitative estimate of drug-likeness (QED) is 0.771. The summed E-state index contributed by atoms with van der Waals surface area (Å²) in [6, 6.07) is 0.779. The molecule has 2 nitrogen and oxygen atoms in total. The molecule has 2 heteroatoms. The molecule has 1 heterocycles. The highest BCUT2D eigenvalue weighted by Crippen LogP contribution is 2.33. The lowest BCUT2D eigenvalue weighted by Crippen LogP contribution is -2.43. The molecule has 88 valence electrons. The average Bonchev–Trinajstić information content (AvgIpc) is 2.80. The lowest BCUT2D eigenvalue weighted by Gasteiger charge is -2.34. The van der Waals surface area contributed by atoms with Crippen LogP contribution >= 0.6 is 0 Å². The molecular weight excluding hydrogens is 186 g/mol. The molecule has 0 bridgehead atoms. The van der Waals surface area contributed by atoms with Crippen LogP contribution in [0.25, 0.3) is 0 Å². The summed E-state index contributed by atoms with van der Waals surface area (Å²) in [5, 5.41) is 3.74. The van der Waals surface area contributed by atoms with Crippen LogP contribution in [0.2, 0.25) is 0 Å². The molecule has 0 aromatic rings. The third kappa shape index (κ3) is 2.94. The summed E-state index contributed by atoms with van der Waals surface area (Å²) in [7, 11) is 0. The van der Waals surface area contributed by atoms with Crippen molar-refractivity contribution in [3.8, 4) is 0 Å². The molecule has 2 fully saturated rings. The van der Waals surface area contributed by atoms with E-state index in [-0.39, 0.29) is 0 Å². The van der Waals surface area contributed by atoms with E-state index < -0.39 is 0 Å². The van der Waals surface area contributed by atoms with Gasteiger partial charge in [-0.3, -0.25) is 0 Å². The lowest BCUT2D eigenvalue weighted by atomic mass is 9.82. The highest BCUT2D eigenvalue weighted by Gasteiger charge is 2.31. The van der Waals surface area contributed by atoms with Crippen molar-refractivity contribution in [1.82, 2.24) is 5.32 Å². The number of rotatable bonds is 4. The average molecular weight is 211 g/mol. The second-order valence-electron chi connectivity index (χ2n) is 5.08. The third-order valence-corrected chi connectivity index (χ3v) is 4.12. The zero-order chi connectivity index (χ0) is 10.5. The van der Waals surface area contributed by atoms with Crippen LogP contribution in [0.5, 0.6) is 0 Å². The van der Waals surface area contributed by atoms with Crippen LogP contribution in [0.1, 0.15) is 45.4 Å². The molecule has 1 saturated carbocycles. The number of nitrogens with one attached hydrogen (secondary N) is 1. The molecule has 0 radical (unpaired) electrons. The largest absolute Gasteiger partial charge is 0.381 e. The van der Waals surface area contributed by atoms with Gasteiger partial charge in [-0.15, -0.1) is 0 Å². The molecule has 0 aromatic heterocycles. The summed E-state index contributed by atoms with van der Waals surface area (Å²) < 4.78 is 5.46. The number of hydrogen-bond donors (Lipinski definition) is 1. The Kier molecular flexibility index (Phi) is 4.45. The molecule has 15 heavy (non-hydrogen) atoms. The molecule has 0 amide bonds. The minimum atomic E-state index is 0.779. The van der Waals surface area contributed by atoms with Gasteiger partial charge >= 0.3 is 0 Å². The second kappa shape index (κ2) is 5.86. The van der Waals surface area contributed by atoms with Gasteiger partial charge in [0.2, 0.25) is 0 Å². The van der Waals surface area contributed by atoms with E-state index in [0.29, 0.717) is 0 Å². The van der Waals surface area contributed by atoms with Crippen molar-refractivity contribution < 1.29 is 4.74 Å². The van der Waals surface area contributed by atoms with E-state index in [4.69, 9.17) is 4.74 Å². The van der Waals surface area contributed by atoms with Crippen LogP contribution in [0, 0.1) is 11.8 Å². The maximum Gasteiger partial charge on any atom is 0.0469 e. The van der Waals surface area contributed by atoms with E-state index >= 15 is 0 Å². The van der Waals surface area contributed by atoms with E-state index in [1.807, 2.05) is 0 Å². The van der Waals surface area contributed by atoms with Crippen molar-refractivity contribution in [2.24, 2.45) is 11.8 Å². The van der Waals surface area contributed by atoms with Gasteiger partial charge < -0.3 is 10.1 Å². The van der Waals surface area contributed by atoms with Crippen LogP contribution in [-0.2, 0) is 4.74 Å². The van der Waals surface area contributed by atoms with E-state index in [2.05, 4.69) is 12.2 Å². The van der Waals surface area contributed by atoms with E-state index in [9.17, 15) is 0 Å². The van der Waals surface area contributed by atoms with Gasteiger partial charge in [0.1, 0.15) is 0 Å². The molecule has 1 saturated heterocycles. The van der Waals surface area contributed by atoms with Gasteiger partial charge in [0.15, 0.2) is 0 Å². The first kappa shape index (κ1) is 11.4. The van der Waals surface area contributed by atoms with Crippen molar-refractivity contribution in [3.63, 3.8) is 0 Å². The lowest BCUT2D eigenvalue weighted by molar-refractivity contribution is 0.0451. The van der Waals surface area contributed by atoms with Gasteiger partial charge in [-0.2, -0.15) is 0 Å². The van der Waals surface area contributed by atoms with Crippen molar-refractivity contribution in [1.29, 1.82) is 0 Å². The Balaban J connectivity index is 1.90. The predicted octanol–water partition coefficient (Wildman–Crippen LogP) is 2.58. The molecule has 1 aliphatic carbocycles. The maximum absolute atomic E-state index is 5.46. The van der Waals surface area contributed by atoms with Crippen molar-refractivity contribution >= 4 is 0 Å². The topological polar surface area (TPSA) is 21.3 Å². The van der Waals surface area contributed by atoms with Gasteiger partial charge in [0.05, 0.1) is 0 Å². The Hall–Kier alpha value is -0.0800. The fourth-order valence-electron chi connectivity index (χ4n) is 3.35. The zero-order valence-electron chi connectivity index (χ0n) is 10.0. The summed E-state index contributed by atoms with van der Waals surface area (Å²) in [6.45, 7) is 5.33. The van der Waals surface area contributed by atoms with Crippen LogP contribution in [0.15, 0.2) is 0 Å². The summed E-state index contributed by atoms with van der Waals surface area (Å²) in [4.78, 5) is 0. The Morgan fingerprint density at radius 3 is 2.27 bits per heavy atom. The van der Waals surface area contributed by atoms with Gasteiger partial charge in [-0.05, 0) is 44.1 Å². The van der Waals surface area contributed by atoms with E-state index in [1.165, 1.54) is 38.5 Å². The Labute approximate surface area is 93.8 Å². The van der Waals surface area contributed by atoms with Gasteiger partial charge in [0, 0.05) is 19.3 Å². The summed E-state index contributed by atoms with van der Waals surface area (Å²) in [6.07, 6.45) is 8.36. The van der Waals surface area contributed by atoms with Gasteiger partial charge in [-0.25, -0.2) is 0 Å². The molecule has 0 spiro atoms. The normalized spacial score (nSPS) is 27.0. The first-order valence-corrected chi connectivity index (χ1v) is 6.73. The summed E-state index contributed by atoms with van der Waals surface area (Å²) in [5.41, 5.74) is 0. The Bertz CT molecular complexity index is 171. The number of ether oxygens (including phenoxy) is 1. The van der Waals surface area contributed by atoms with Crippen molar-refractivity contribution in [2.45, 2.75) is 51.5 Å². The molecule has 0 aromatic carbocycles. The molecule has 2 rings (SSSR count). The van der Waals surface area contributed by atoms with Crippen LogP contribution in [-0.4, -0.2) is 25.8 Å². The number of hydrogen-bond acceptors (Lipinski definition) is 2. The minimum Gasteiger partial charge on any atom is -0.381 e. The smallest absolute Gasteiger partial charge is 0.0469 e. The predicted molar refractivity (Wildman–Crippen MR) is 63.0 cm³/mol.